The fourth-order valence-electron chi connectivity index (χ4n) is 5.44. The monoisotopic (exact) mass is 435 g/mol. The Bertz CT molecular complexity index is 1030. The van der Waals surface area contributed by atoms with E-state index in [1.54, 1.807) is 6.33 Å². The number of morpholine rings is 1. The van der Waals surface area contributed by atoms with Crippen molar-refractivity contribution in [2.45, 2.75) is 31.6 Å². The molecule has 0 spiro atoms. The molecule has 31 heavy (non-hydrogen) atoms. The van der Waals surface area contributed by atoms with Crippen LogP contribution < -0.4 is 9.80 Å². The van der Waals surface area contributed by atoms with E-state index in [0.717, 1.165) is 62.0 Å². The number of hydrogen-bond donors (Lipinski definition) is 0. The van der Waals surface area contributed by atoms with Crippen molar-refractivity contribution in [3.05, 3.63) is 41.1 Å². The van der Waals surface area contributed by atoms with Gasteiger partial charge in [-0.05, 0) is 55.7 Å². The van der Waals surface area contributed by atoms with Crippen molar-refractivity contribution in [1.82, 2.24) is 15.0 Å². The minimum atomic E-state index is 0.615. The molecule has 0 bridgehead atoms. The molecule has 7 heteroatoms. The van der Waals surface area contributed by atoms with Gasteiger partial charge in [0.05, 0.1) is 23.7 Å². The molecular weight excluding hydrogens is 406 g/mol. The van der Waals surface area contributed by atoms with Crippen molar-refractivity contribution >= 4 is 33.7 Å². The van der Waals surface area contributed by atoms with Crippen molar-refractivity contribution < 1.29 is 4.74 Å². The molecule has 162 valence electrons. The third-order valence-corrected chi connectivity index (χ3v) is 7.98. The molecule has 2 atom stereocenters. The second kappa shape index (κ2) is 8.36. The Labute approximate surface area is 187 Å². The van der Waals surface area contributed by atoms with Crippen LogP contribution in [0.5, 0.6) is 0 Å². The van der Waals surface area contributed by atoms with Crippen molar-refractivity contribution in [3.8, 4) is 0 Å². The normalized spacial score (nSPS) is 23.3. The van der Waals surface area contributed by atoms with E-state index in [9.17, 15) is 0 Å². The van der Waals surface area contributed by atoms with Crippen LogP contribution in [0.25, 0.3) is 10.9 Å². The minimum Gasteiger partial charge on any atom is -0.378 e. The lowest BCUT2D eigenvalue weighted by Crippen LogP contribution is -2.39. The summed E-state index contributed by atoms with van der Waals surface area (Å²) in [5.41, 5.74) is 2.27. The largest absolute Gasteiger partial charge is 0.378 e. The molecule has 2 unspecified atom stereocenters. The highest BCUT2D eigenvalue weighted by Gasteiger charge is 2.40. The molecule has 1 aromatic carbocycles. The van der Waals surface area contributed by atoms with E-state index in [0.29, 0.717) is 11.8 Å². The van der Waals surface area contributed by atoms with Gasteiger partial charge in [0.15, 0.2) is 0 Å². The molecule has 1 saturated carbocycles. The van der Waals surface area contributed by atoms with Crippen molar-refractivity contribution in [2.75, 3.05) is 49.2 Å². The van der Waals surface area contributed by atoms with Gasteiger partial charge in [0.2, 0.25) is 0 Å². The maximum absolute atomic E-state index is 5.51. The van der Waals surface area contributed by atoms with Crippen LogP contribution in [0.15, 0.2) is 36.1 Å². The Hall–Kier alpha value is -2.25. The lowest BCUT2D eigenvalue weighted by molar-refractivity contribution is 0.122. The Balaban J connectivity index is 1.28. The number of fused-ring (bicyclic) bond motifs is 1. The third-order valence-electron chi connectivity index (χ3n) is 7.11. The molecule has 1 aliphatic carbocycles. The molecule has 2 saturated heterocycles. The predicted octanol–water partition coefficient (Wildman–Crippen LogP) is 4.33. The number of nitrogens with zero attached hydrogens (tertiary/aromatic N) is 5. The van der Waals surface area contributed by atoms with Crippen LogP contribution in [0, 0.1) is 11.8 Å². The van der Waals surface area contributed by atoms with Crippen molar-refractivity contribution in [1.29, 1.82) is 0 Å². The van der Waals surface area contributed by atoms with Crippen LogP contribution in [0.1, 0.15) is 36.6 Å². The average Bonchev–Trinajstić information content (AvgIpc) is 3.52. The molecule has 2 aromatic heterocycles. The van der Waals surface area contributed by atoms with Crippen molar-refractivity contribution in [2.24, 2.45) is 11.8 Å². The van der Waals surface area contributed by atoms with Crippen LogP contribution in [0.2, 0.25) is 0 Å². The number of piperidine rings is 1. The second-order valence-corrected chi connectivity index (χ2v) is 10.0. The van der Waals surface area contributed by atoms with Crippen LogP contribution >= 0.6 is 11.3 Å². The summed E-state index contributed by atoms with van der Waals surface area (Å²) in [5, 5.41) is 4.64. The quantitative estimate of drug-likeness (QED) is 0.594. The highest BCUT2D eigenvalue weighted by molar-refractivity contribution is 7.09. The molecule has 3 fully saturated rings. The van der Waals surface area contributed by atoms with E-state index in [2.05, 4.69) is 38.4 Å². The molecule has 0 radical (unpaired) electrons. The van der Waals surface area contributed by atoms with E-state index < -0.39 is 0 Å². The molecule has 3 aliphatic rings. The van der Waals surface area contributed by atoms with Gasteiger partial charge >= 0.3 is 0 Å². The first-order chi connectivity index (χ1) is 15.4. The number of thiazole rings is 1. The van der Waals surface area contributed by atoms with Gasteiger partial charge < -0.3 is 14.5 Å². The zero-order valence-electron chi connectivity index (χ0n) is 17.8. The van der Waals surface area contributed by atoms with Crippen LogP contribution in [-0.2, 0) is 4.74 Å². The first kappa shape index (κ1) is 19.4. The highest BCUT2D eigenvalue weighted by atomic mass is 32.1. The number of ether oxygens (including phenoxy) is 1. The fraction of sp³-hybridized carbons (Fsp3) is 0.542. The lowest BCUT2D eigenvalue weighted by Gasteiger charge is -2.37. The maximum Gasteiger partial charge on any atom is 0.139 e. The first-order valence-corrected chi connectivity index (χ1v) is 12.5. The number of benzene rings is 1. The van der Waals surface area contributed by atoms with E-state index in [1.165, 1.54) is 36.4 Å². The Kier molecular flexibility index (Phi) is 5.24. The third kappa shape index (κ3) is 3.89. The van der Waals surface area contributed by atoms with Crippen LogP contribution in [0.3, 0.4) is 0 Å². The molecule has 0 N–H and O–H groups in total. The van der Waals surface area contributed by atoms with Crippen LogP contribution in [-0.4, -0.2) is 54.3 Å². The summed E-state index contributed by atoms with van der Waals surface area (Å²) in [5.74, 6) is 3.19. The van der Waals surface area contributed by atoms with Gasteiger partial charge in [0.25, 0.3) is 0 Å². The van der Waals surface area contributed by atoms with Gasteiger partial charge in [0.1, 0.15) is 12.1 Å². The number of anilines is 2. The Morgan fingerprint density at radius 1 is 0.968 bits per heavy atom. The smallest absolute Gasteiger partial charge is 0.139 e. The lowest BCUT2D eigenvalue weighted by atomic mass is 9.82. The molecular formula is C24H29N5OS. The minimum absolute atomic E-state index is 0.615. The summed E-state index contributed by atoms with van der Waals surface area (Å²) in [7, 11) is 0. The van der Waals surface area contributed by atoms with Gasteiger partial charge in [-0.2, -0.15) is 0 Å². The molecule has 6 nitrogen and oxygen atoms in total. The molecule has 6 rings (SSSR count). The SMILES string of the molecule is c1csc(C(C2CC2)C2CCCN(c3ncnc4cc(N5CCOCC5)ccc34)C2)n1. The topological polar surface area (TPSA) is 54.4 Å². The summed E-state index contributed by atoms with van der Waals surface area (Å²) < 4.78 is 5.51. The molecule has 4 heterocycles. The van der Waals surface area contributed by atoms with Gasteiger partial charge in [-0.3, -0.25) is 0 Å². The second-order valence-electron chi connectivity index (χ2n) is 9.08. The summed E-state index contributed by atoms with van der Waals surface area (Å²) in [6, 6.07) is 6.67. The Morgan fingerprint density at radius 2 is 1.87 bits per heavy atom. The Morgan fingerprint density at radius 3 is 2.68 bits per heavy atom. The molecule has 3 aromatic rings. The number of hydrogen-bond acceptors (Lipinski definition) is 7. The zero-order valence-corrected chi connectivity index (χ0v) is 18.6. The average molecular weight is 436 g/mol. The summed E-state index contributed by atoms with van der Waals surface area (Å²) in [6.45, 7) is 5.61. The summed E-state index contributed by atoms with van der Waals surface area (Å²) in [4.78, 5) is 19.0. The van der Waals surface area contributed by atoms with E-state index in [1.807, 2.05) is 17.5 Å². The van der Waals surface area contributed by atoms with Gasteiger partial charge in [-0.1, -0.05) is 0 Å². The zero-order chi connectivity index (χ0) is 20.6. The van der Waals surface area contributed by atoms with E-state index in [4.69, 9.17) is 14.7 Å². The van der Waals surface area contributed by atoms with E-state index >= 15 is 0 Å². The molecule has 0 amide bonds. The number of aromatic nitrogens is 3. The van der Waals surface area contributed by atoms with Gasteiger partial charge in [0, 0.05) is 54.7 Å². The fourth-order valence-corrected chi connectivity index (χ4v) is 6.36. The number of rotatable bonds is 5. The molecule has 2 aliphatic heterocycles. The summed E-state index contributed by atoms with van der Waals surface area (Å²) >= 11 is 1.84. The maximum atomic E-state index is 5.51. The van der Waals surface area contributed by atoms with Crippen LogP contribution in [0.4, 0.5) is 11.5 Å². The predicted molar refractivity (Wildman–Crippen MR) is 125 cm³/mol. The summed E-state index contributed by atoms with van der Waals surface area (Å²) in [6.07, 6.45) is 8.95. The van der Waals surface area contributed by atoms with Crippen molar-refractivity contribution in [3.63, 3.8) is 0 Å². The standard InChI is InChI=1S/C24H29N5OS/c1-2-18(22(17-3-4-17)24-25-7-13-31-24)15-29(8-1)23-20-6-5-19(14-21(20)26-16-27-23)28-9-11-30-12-10-28/h5-7,13-14,16-18,22H,1-4,8-12,15H2. The van der Waals surface area contributed by atoms with E-state index in [-0.39, 0.29) is 0 Å². The highest BCUT2D eigenvalue weighted by Crippen LogP contribution is 2.49. The van der Waals surface area contributed by atoms with Gasteiger partial charge in [-0.25, -0.2) is 15.0 Å². The first-order valence-electron chi connectivity index (χ1n) is 11.6. The van der Waals surface area contributed by atoms with Gasteiger partial charge in [-0.15, -0.1) is 11.3 Å².